The molecule has 0 unspecified atom stereocenters. The third-order valence-corrected chi connectivity index (χ3v) is 5.81. The average molecular weight is 401 g/mol. The van der Waals surface area contributed by atoms with Gasteiger partial charge in [0.25, 0.3) is 0 Å². The van der Waals surface area contributed by atoms with Crippen molar-refractivity contribution in [3.8, 4) is 6.07 Å². The monoisotopic (exact) mass is 400 g/mol. The molecule has 2 aliphatic heterocycles. The van der Waals surface area contributed by atoms with Gasteiger partial charge in [-0.05, 0) is 0 Å². The van der Waals surface area contributed by atoms with E-state index in [-0.39, 0.29) is 17.7 Å². The van der Waals surface area contributed by atoms with Crippen molar-refractivity contribution in [3.05, 3.63) is 23.6 Å². The van der Waals surface area contributed by atoms with Crippen molar-refractivity contribution in [1.82, 2.24) is 24.6 Å². The fourth-order valence-electron chi connectivity index (χ4n) is 4.13. The number of hydrogen-bond donors (Lipinski definition) is 1. The highest BCUT2D eigenvalue weighted by Gasteiger charge is 2.50. The molecule has 0 radical (unpaired) electrons. The third-order valence-electron chi connectivity index (χ3n) is 5.54. The van der Waals surface area contributed by atoms with Gasteiger partial charge in [-0.15, -0.1) is 0 Å². The number of amides is 1. The summed E-state index contributed by atoms with van der Waals surface area (Å²) in [7, 11) is 1.84. The Labute approximate surface area is 167 Å². The van der Waals surface area contributed by atoms with E-state index in [0.29, 0.717) is 35.8 Å². The Morgan fingerprint density at radius 2 is 2.25 bits per heavy atom. The molecule has 1 N–H and O–H groups in total. The summed E-state index contributed by atoms with van der Waals surface area (Å²) in [4.78, 5) is 24.9. The molecule has 0 bridgehead atoms. The van der Waals surface area contributed by atoms with Gasteiger partial charge in [-0.25, -0.2) is 4.98 Å². The summed E-state index contributed by atoms with van der Waals surface area (Å²) < 4.78 is 1.70. The average Bonchev–Trinajstić information content (AvgIpc) is 3.28. The van der Waals surface area contributed by atoms with Gasteiger partial charge in [0, 0.05) is 50.8 Å². The molecule has 10 heteroatoms. The Morgan fingerprint density at radius 1 is 1.43 bits per heavy atom. The number of anilines is 3. The second-order valence-corrected chi connectivity index (χ2v) is 8.14. The smallest absolute Gasteiger partial charge is 0.236 e. The largest absolute Gasteiger partial charge is 0.354 e. The molecule has 2 saturated heterocycles. The van der Waals surface area contributed by atoms with Crippen LogP contribution < -0.4 is 10.2 Å². The number of nitriles is 1. The second kappa shape index (κ2) is 6.95. The van der Waals surface area contributed by atoms with Gasteiger partial charge < -0.3 is 15.1 Å². The molecule has 0 saturated carbocycles. The number of fused-ring (bicyclic) bond motifs is 1. The van der Waals surface area contributed by atoms with Crippen LogP contribution in [0.1, 0.15) is 13.3 Å². The molecule has 146 valence electrons. The van der Waals surface area contributed by atoms with Crippen LogP contribution in [0.2, 0.25) is 5.02 Å². The minimum atomic E-state index is -0.0901. The molecule has 2 aliphatic rings. The van der Waals surface area contributed by atoms with E-state index in [1.165, 1.54) is 0 Å². The van der Waals surface area contributed by atoms with Gasteiger partial charge in [0.1, 0.15) is 11.4 Å². The highest BCUT2D eigenvalue weighted by Crippen LogP contribution is 2.44. The van der Waals surface area contributed by atoms with Gasteiger partial charge in [0.15, 0.2) is 5.82 Å². The first-order valence-electron chi connectivity index (χ1n) is 9.06. The van der Waals surface area contributed by atoms with Crippen LogP contribution in [0.3, 0.4) is 0 Å². The van der Waals surface area contributed by atoms with Crippen LogP contribution in [-0.2, 0) is 11.8 Å². The van der Waals surface area contributed by atoms with Crippen molar-refractivity contribution in [2.45, 2.75) is 13.3 Å². The molecule has 2 aromatic heterocycles. The number of carbonyl (C=O) groups excluding carboxylic acids is 1. The molecule has 0 aliphatic carbocycles. The van der Waals surface area contributed by atoms with E-state index in [1.54, 1.807) is 17.1 Å². The number of rotatable bonds is 4. The molecule has 1 amide bonds. The van der Waals surface area contributed by atoms with Crippen LogP contribution >= 0.6 is 11.6 Å². The van der Waals surface area contributed by atoms with Gasteiger partial charge in [0.2, 0.25) is 11.9 Å². The molecule has 28 heavy (non-hydrogen) atoms. The topological polar surface area (TPSA) is 103 Å². The zero-order valence-corrected chi connectivity index (χ0v) is 16.5. The summed E-state index contributed by atoms with van der Waals surface area (Å²) in [5.74, 6) is 1.37. The van der Waals surface area contributed by atoms with Crippen molar-refractivity contribution in [1.29, 1.82) is 5.26 Å². The number of aromatic nitrogens is 4. The molecular formula is C18H21ClN8O. The van der Waals surface area contributed by atoms with Crippen molar-refractivity contribution < 1.29 is 4.79 Å². The lowest BCUT2D eigenvalue weighted by atomic mass is 9.83. The van der Waals surface area contributed by atoms with E-state index in [2.05, 4.69) is 32.2 Å². The zero-order valence-electron chi connectivity index (χ0n) is 15.8. The minimum absolute atomic E-state index is 0.0453. The van der Waals surface area contributed by atoms with E-state index in [4.69, 9.17) is 16.9 Å². The van der Waals surface area contributed by atoms with Crippen molar-refractivity contribution >= 4 is 35.0 Å². The fourth-order valence-corrected chi connectivity index (χ4v) is 4.34. The Bertz CT molecular complexity index is 953. The Hall–Kier alpha value is -2.86. The predicted octanol–water partition coefficient (Wildman–Crippen LogP) is 1.81. The maximum Gasteiger partial charge on any atom is 0.236 e. The van der Waals surface area contributed by atoms with Crippen LogP contribution in [0.25, 0.3) is 0 Å². The summed E-state index contributed by atoms with van der Waals surface area (Å²) in [6.07, 6.45) is 5.08. The van der Waals surface area contributed by atoms with Gasteiger partial charge in [0.05, 0.1) is 24.2 Å². The summed E-state index contributed by atoms with van der Waals surface area (Å²) in [5.41, 5.74) is 0.753. The molecule has 9 nitrogen and oxygen atoms in total. The zero-order chi connectivity index (χ0) is 19.9. The summed E-state index contributed by atoms with van der Waals surface area (Å²) in [6, 6.07) is 1.94. The highest BCUT2D eigenvalue weighted by molar-refractivity contribution is 6.32. The number of halogens is 1. The molecule has 2 fully saturated rings. The molecule has 4 heterocycles. The third kappa shape index (κ3) is 3.36. The first kappa shape index (κ1) is 18.5. The lowest BCUT2D eigenvalue weighted by Gasteiger charge is -2.26. The first-order valence-corrected chi connectivity index (χ1v) is 9.43. The summed E-state index contributed by atoms with van der Waals surface area (Å²) in [6.45, 7) is 5.00. The molecule has 4 rings (SSSR count). The molecule has 2 aromatic rings. The maximum atomic E-state index is 12.1. The van der Waals surface area contributed by atoms with Crippen LogP contribution in [-0.4, -0.2) is 56.7 Å². The lowest BCUT2D eigenvalue weighted by molar-refractivity contribution is -0.129. The van der Waals surface area contributed by atoms with Crippen molar-refractivity contribution in [2.75, 3.05) is 36.4 Å². The minimum Gasteiger partial charge on any atom is -0.354 e. The maximum absolute atomic E-state index is 12.1. The van der Waals surface area contributed by atoms with E-state index < -0.39 is 0 Å². The van der Waals surface area contributed by atoms with Crippen molar-refractivity contribution in [2.24, 2.45) is 18.4 Å². The Balaban J connectivity index is 1.50. The second-order valence-electron chi connectivity index (χ2n) is 7.73. The number of likely N-dealkylation sites (tertiary alicyclic amines) is 1. The summed E-state index contributed by atoms with van der Waals surface area (Å²) in [5, 5.41) is 16.5. The van der Waals surface area contributed by atoms with Crippen molar-refractivity contribution in [3.63, 3.8) is 0 Å². The normalized spacial score (nSPS) is 23.6. The Morgan fingerprint density at radius 3 is 2.93 bits per heavy atom. The molecule has 2 atom stereocenters. The van der Waals surface area contributed by atoms with Crippen LogP contribution in [0.5, 0.6) is 0 Å². The van der Waals surface area contributed by atoms with E-state index in [0.717, 1.165) is 18.8 Å². The number of hydrogen-bond acceptors (Lipinski definition) is 7. The number of aryl methyl sites for hydroxylation is 1. The fraction of sp³-hybridized carbons (Fsp3) is 0.500. The van der Waals surface area contributed by atoms with Gasteiger partial charge in [-0.3, -0.25) is 9.48 Å². The SMILES string of the molecule is Cn1cc(Nc2ncc(Cl)c(N3C[C@@H]4CN(C(=O)CC#N)C[C@]4(C)C3)n2)cn1. The van der Waals surface area contributed by atoms with Gasteiger partial charge in [-0.2, -0.15) is 15.3 Å². The van der Waals surface area contributed by atoms with Gasteiger partial charge >= 0.3 is 0 Å². The quantitative estimate of drug-likeness (QED) is 0.834. The first-order chi connectivity index (χ1) is 13.4. The van der Waals surface area contributed by atoms with Crippen LogP contribution in [0.15, 0.2) is 18.6 Å². The van der Waals surface area contributed by atoms with E-state index >= 15 is 0 Å². The predicted molar refractivity (Wildman–Crippen MR) is 104 cm³/mol. The highest BCUT2D eigenvalue weighted by atomic mass is 35.5. The molecule has 0 aromatic carbocycles. The number of nitrogens with one attached hydrogen (secondary N) is 1. The van der Waals surface area contributed by atoms with E-state index in [1.807, 2.05) is 24.2 Å². The molecular weight excluding hydrogens is 380 g/mol. The van der Waals surface area contributed by atoms with Crippen LogP contribution in [0, 0.1) is 22.7 Å². The number of carbonyl (C=O) groups is 1. The summed E-state index contributed by atoms with van der Waals surface area (Å²) >= 11 is 6.39. The molecule has 0 spiro atoms. The van der Waals surface area contributed by atoms with Crippen LogP contribution in [0.4, 0.5) is 17.5 Å². The van der Waals surface area contributed by atoms with E-state index in [9.17, 15) is 4.79 Å². The Kier molecular flexibility index (Phi) is 4.59. The number of nitrogens with zero attached hydrogens (tertiary/aromatic N) is 7. The van der Waals surface area contributed by atoms with Gasteiger partial charge in [-0.1, -0.05) is 18.5 Å². The standard InChI is InChI=1S/C18H21ClN8O/c1-18-10-26(15(28)3-4-20)7-12(18)8-27(11-18)16-14(19)6-21-17(24-16)23-13-5-22-25(2)9-13/h5-6,9,12H,3,7-8,10-11H2,1-2H3,(H,21,23,24)/t12-,18+/m0/s1. The lowest BCUT2D eigenvalue weighted by Crippen LogP contribution is -2.35.